The van der Waals surface area contributed by atoms with Crippen molar-refractivity contribution in [3.8, 4) is 5.75 Å². The van der Waals surface area contributed by atoms with Crippen LogP contribution in [0, 0.1) is 0 Å². The van der Waals surface area contributed by atoms with Crippen LogP contribution in [-0.4, -0.2) is 82.3 Å². The first-order valence-corrected chi connectivity index (χ1v) is 8.30. The number of nitrogens with zero attached hydrogens (tertiary/aromatic N) is 2. The van der Waals surface area contributed by atoms with Crippen molar-refractivity contribution < 1.29 is 32.2 Å². The molecule has 1 aromatic carbocycles. The number of hydrogen-bond donors (Lipinski definition) is 1. The van der Waals surface area contributed by atoms with Crippen molar-refractivity contribution in [1.82, 2.24) is 9.80 Å². The first-order chi connectivity index (χ1) is 12.7. The van der Waals surface area contributed by atoms with Gasteiger partial charge in [-0.3, -0.25) is 9.69 Å². The van der Waals surface area contributed by atoms with Crippen LogP contribution in [0.25, 0.3) is 0 Å². The second-order valence-corrected chi connectivity index (χ2v) is 6.23. The zero-order valence-electron chi connectivity index (χ0n) is 15.1. The molecule has 7 nitrogen and oxygen atoms in total. The highest BCUT2D eigenvalue weighted by Crippen LogP contribution is 2.28. The van der Waals surface area contributed by atoms with E-state index in [0.29, 0.717) is 13.1 Å². The third-order valence-electron chi connectivity index (χ3n) is 4.03. The molecular weight excluding hydrogens is 366 g/mol. The number of carbonyl (C=O) groups excluding carboxylic acids is 2. The van der Waals surface area contributed by atoms with E-state index in [-0.39, 0.29) is 23.5 Å². The second-order valence-electron chi connectivity index (χ2n) is 6.23. The number of anilines is 1. The molecule has 1 saturated heterocycles. The Morgan fingerprint density at radius 1 is 1.22 bits per heavy atom. The zero-order valence-corrected chi connectivity index (χ0v) is 15.1. The third kappa shape index (κ3) is 6.76. The number of rotatable bonds is 6. The fourth-order valence-corrected chi connectivity index (χ4v) is 2.56. The summed E-state index contributed by atoms with van der Waals surface area (Å²) >= 11 is 0. The van der Waals surface area contributed by atoms with E-state index in [1.807, 2.05) is 11.9 Å². The van der Waals surface area contributed by atoms with Crippen molar-refractivity contribution in [2.24, 2.45) is 0 Å². The number of halogens is 3. The lowest BCUT2D eigenvalue weighted by Gasteiger charge is -2.31. The Kier molecular flexibility index (Phi) is 7.08. The number of amides is 1. The molecule has 27 heavy (non-hydrogen) atoms. The van der Waals surface area contributed by atoms with E-state index in [1.165, 1.54) is 26.2 Å². The summed E-state index contributed by atoms with van der Waals surface area (Å²) in [7, 11) is 3.17. The largest absolute Gasteiger partial charge is 0.540 e. The number of benzene rings is 1. The van der Waals surface area contributed by atoms with Crippen LogP contribution in [-0.2, 0) is 9.45 Å². The highest BCUT2D eigenvalue weighted by molar-refractivity contribution is 6.10. The van der Waals surface area contributed by atoms with Crippen molar-refractivity contribution in [3.63, 3.8) is 0 Å². The monoisotopic (exact) mass is 387 g/mol. The molecule has 11 heteroatoms. The van der Waals surface area contributed by atoms with Gasteiger partial charge in [0.25, 0.3) is 0 Å². The van der Waals surface area contributed by atoms with Crippen molar-refractivity contribution in [1.29, 1.82) is 0 Å². The summed E-state index contributed by atoms with van der Waals surface area (Å²) in [6.07, 6.45) is -4.53. The maximum Gasteiger partial charge on any atom is 0.422 e. The fraction of sp³-hybridized carbons (Fsp3) is 0.500. The normalized spacial score (nSPS) is 16.0. The van der Waals surface area contributed by atoms with Gasteiger partial charge in [0.05, 0.1) is 17.8 Å². The topological polar surface area (TPSA) is 71.1 Å². The molecule has 1 heterocycles. The molecule has 148 valence electrons. The number of carbonyl (C=O) groups is 2. The van der Waals surface area contributed by atoms with Crippen molar-refractivity contribution in [3.05, 3.63) is 23.8 Å². The van der Waals surface area contributed by atoms with E-state index in [2.05, 4.69) is 14.9 Å². The third-order valence-corrected chi connectivity index (χ3v) is 4.03. The van der Waals surface area contributed by atoms with Gasteiger partial charge in [0.2, 0.25) is 5.91 Å². The summed E-state index contributed by atoms with van der Waals surface area (Å²) in [5.74, 6) is -1.25. The lowest BCUT2D eigenvalue weighted by molar-refractivity contribution is -0.153. The van der Waals surface area contributed by atoms with Gasteiger partial charge in [-0.2, -0.15) is 13.2 Å². The standard InChI is InChI=1S/C16H21BF3N3O4/c1-22-4-6-23(7-5-22)9-14(24)21-12-8-11(15(25)27-17)2-3-13(12)26-10-16(18,19)20/h2-3,8H,4-7,9-10,17H2,1H3,(H,21,24). The van der Waals surface area contributed by atoms with Gasteiger partial charge < -0.3 is 19.6 Å². The fourth-order valence-electron chi connectivity index (χ4n) is 2.56. The van der Waals surface area contributed by atoms with Gasteiger partial charge in [0.15, 0.2) is 6.61 Å². The lowest BCUT2D eigenvalue weighted by Crippen LogP contribution is -2.47. The Bertz CT molecular complexity index is 679. The molecule has 0 spiro atoms. The van der Waals surface area contributed by atoms with E-state index < -0.39 is 24.7 Å². The minimum absolute atomic E-state index is 0.0127. The molecule has 1 fully saturated rings. The highest BCUT2D eigenvalue weighted by Gasteiger charge is 2.29. The lowest BCUT2D eigenvalue weighted by atomic mass is 10.1. The van der Waals surface area contributed by atoms with Gasteiger partial charge >= 0.3 is 20.2 Å². The molecule has 0 bridgehead atoms. The summed E-state index contributed by atoms with van der Waals surface area (Å²) in [5.41, 5.74) is 0.0769. The van der Waals surface area contributed by atoms with Crippen LogP contribution >= 0.6 is 0 Å². The van der Waals surface area contributed by atoms with Gasteiger partial charge in [-0.15, -0.1) is 0 Å². The minimum atomic E-state index is -4.53. The van der Waals surface area contributed by atoms with Crippen molar-refractivity contribution in [2.75, 3.05) is 51.7 Å². The van der Waals surface area contributed by atoms with E-state index in [1.54, 1.807) is 0 Å². The number of hydrogen-bond acceptors (Lipinski definition) is 6. The molecule has 1 aliphatic heterocycles. The molecule has 0 saturated carbocycles. The van der Waals surface area contributed by atoms with E-state index in [9.17, 15) is 22.8 Å². The molecule has 0 radical (unpaired) electrons. The predicted molar refractivity (Wildman–Crippen MR) is 94.5 cm³/mol. The van der Waals surface area contributed by atoms with Crippen LogP contribution in [0.1, 0.15) is 10.4 Å². The van der Waals surface area contributed by atoms with E-state index >= 15 is 0 Å². The van der Waals surface area contributed by atoms with Gasteiger partial charge in [0.1, 0.15) is 5.75 Å². The summed E-state index contributed by atoms with van der Waals surface area (Å²) < 4.78 is 46.7. The van der Waals surface area contributed by atoms with E-state index in [0.717, 1.165) is 13.1 Å². The molecule has 0 aliphatic carbocycles. The van der Waals surface area contributed by atoms with Gasteiger partial charge in [0, 0.05) is 26.2 Å². The highest BCUT2D eigenvalue weighted by atomic mass is 19.4. The molecule has 1 aromatic rings. The van der Waals surface area contributed by atoms with Crippen LogP contribution in [0.5, 0.6) is 5.75 Å². The quantitative estimate of drug-likeness (QED) is 0.718. The molecule has 1 aliphatic rings. The summed E-state index contributed by atoms with van der Waals surface area (Å²) in [6, 6.07) is 3.70. The maximum atomic E-state index is 12.4. The average Bonchev–Trinajstić information content (AvgIpc) is 2.61. The Balaban J connectivity index is 2.10. The smallest absolute Gasteiger partial charge is 0.422 e. The minimum Gasteiger partial charge on any atom is -0.540 e. The Hall–Kier alpha value is -2.27. The number of piperazine rings is 1. The van der Waals surface area contributed by atoms with Crippen molar-refractivity contribution in [2.45, 2.75) is 6.18 Å². The second kappa shape index (κ2) is 9.09. The first kappa shape index (κ1) is 21.0. The number of nitrogens with one attached hydrogen (secondary N) is 1. The Morgan fingerprint density at radius 2 is 1.89 bits per heavy atom. The summed E-state index contributed by atoms with van der Waals surface area (Å²) in [4.78, 5) is 28.0. The molecular formula is C16H21BF3N3O4. The zero-order chi connectivity index (χ0) is 20.0. The number of ether oxygens (including phenoxy) is 1. The van der Waals surface area contributed by atoms with Crippen LogP contribution in [0.2, 0.25) is 0 Å². The first-order valence-electron chi connectivity index (χ1n) is 8.30. The number of likely N-dealkylation sites (N-methyl/N-ethyl adjacent to an activating group) is 1. The van der Waals surface area contributed by atoms with Crippen LogP contribution < -0.4 is 10.1 Å². The summed E-state index contributed by atoms with van der Waals surface area (Å²) in [5, 5.41) is 2.53. The van der Waals surface area contributed by atoms with Crippen molar-refractivity contribution >= 4 is 25.6 Å². The molecule has 2 rings (SSSR count). The average molecular weight is 387 g/mol. The molecule has 0 unspecified atom stereocenters. The Labute approximate surface area is 155 Å². The van der Waals surface area contributed by atoms with Crippen LogP contribution in [0.15, 0.2) is 18.2 Å². The van der Waals surface area contributed by atoms with Gasteiger partial charge in [-0.25, -0.2) is 4.79 Å². The molecule has 0 aromatic heterocycles. The van der Waals surface area contributed by atoms with Crippen LogP contribution in [0.4, 0.5) is 18.9 Å². The van der Waals surface area contributed by atoms with Gasteiger partial charge in [-0.05, 0) is 25.2 Å². The summed E-state index contributed by atoms with van der Waals surface area (Å²) in [6.45, 7) is 1.66. The maximum absolute atomic E-state index is 12.4. The molecule has 1 amide bonds. The van der Waals surface area contributed by atoms with Gasteiger partial charge in [-0.1, -0.05) is 0 Å². The SMILES string of the molecule is BOC(=O)c1ccc(OCC(F)(F)F)c(NC(=O)CN2CCN(C)CC2)c1. The number of alkyl halides is 3. The van der Waals surface area contributed by atoms with Crippen LogP contribution in [0.3, 0.4) is 0 Å². The Morgan fingerprint density at radius 3 is 2.48 bits per heavy atom. The predicted octanol–water partition coefficient (Wildman–Crippen LogP) is 0.518. The van der Waals surface area contributed by atoms with E-state index in [4.69, 9.17) is 4.74 Å². The molecule has 0 atom stereocenters. The molecule has 1 N–H and O–H groups in total.